The molecule has 0 amide bonds. The van der Waals surface area contributed by atoms with E-state index in [0.29, 0.717) is 0 Å². The largest absolute Gasteiger partial charge is 0.497 e. The molecule has 0 aliphatic heterocycles. The second kappa shape index (κ2) is 7.01. The van der Waals surface area contributed by atoms with Crippen LogP contribution in [0.3, 0.4) is 0 Å². The summed E-state index contributed by atoms with van der Waals surface area (Å²) in [5.74, 6) is 1.75. The quantitative estimate of drug-likeness (QED) is 0.517. The van der Waals surface area contributed by atoms with Gasteiger partial charge in [0.2, 0.25) is 6.33 Å². The molecule has 0 saturated heterocycles. The number of benzene rings is 2. The number of hydrogen-bond acceptors (Lipinski definition) is 2. The molecule has 0 aliphatic carbocycles. The lowest BCUT2D eigenvalue weighted by atomic mass is 10.2. The van der Waals surface area contributed by atoms with E-state index in [4.69, 9.17) is 9.47 Å². The Hall–Kier alpha value is -2.75. The van der Waals surface area contributed by atoms with Gasteiger partial charge in [-0.3, -0.25) is 0 Å². The lowest BCUT2D eigenvalue weighted by Crippen LogP contribution is -2.32. The molecule has 0 fully saturated rings. The van der Waals surface area contributed by atoms with Crippen LogP contribution in [0.5, 0.6) is 11.5 Å². The van der Waals surface area contributed by atoms with E-state index in [9.17, 15) is 0 Å². The van der Waals surface area contributed by atoms with Gasteiger partial charge >= 0.3 is 0 Å². The lowest BCUT2D eigenvalue weighted by molar-refractivity contribution is -0.692. The molecule has 2 aromatic carbocycles. The monoisotopic (exact) mass is 308 g/mol. The van der Waals surface area contributed by atoms with E-state index >= 15 is 0 Å². The number of rotatable bonds is 6. The molecule has 1 heterocycles. The fourth-order valence-corrected chi connectivity index (χ4v) is 2.50. The summed E-state index contributed by atoms with van der Waals surface area (Å²) in [5, 5.41) is 0. The van der Waals surface area contributed by atoms with Gasteiger partial charge in [0.05, 0.1) is 27.3 Å². The van der Waals surface area contributed by atoms with Crippen LogP contribution in [-0.4, -0.2) is 18.8 Å². The second-order valence-corrected chi connectivity index (χ2v) is 5.36. The van der Waals surface area contributed by atoms with Crippen LogP contribution < -0.4 is 14.0 Å². The third kappa shape index (κ3) is 3.92. The van der Waals surface area contributed by atoms with Gasteiger partial charge in [0.25, 0.3) is 0 Å². The van der Waals surface area contributed by atoms with Crippen LogP contribution in [0.1, 0.15) is 11.1 Å². The number of imidazole rings is 1. The molecule has 3 aromatic rings. The number of methoxy groups -OCH3 is 2. The summed E-state index contributed by atoms with van der Waals surface area (Å²) in [5.41, 5.74) is 2.37. The third-order valence-electron chi connectivity index (χ3n) is 3.66. The fourth-order valence-electron chi connectivity index (χ4n) is 2.50. The van der Waals surface area contributed by atoms with E-state index in [-0.39, 0.29) is 0 Å². The predicted octanol–water partition coefficient (Wildman–Crippen LogP) is 2.69. The maximum atomic E-state index is 5.26. The van der Waals surface area contributed by atoms with Crippen LogP contribution in [-0.2, 0) is 13.1 Å². The highest BCUT2D eigenvalue weighted by atomic mass is 16.5. The molecule has 1 aromatic heterocycles. The fraction of sp³-hybridized carbons (Fsp3) is 0.211. The average Bonchev–Trinajstić information content (AvgIpc) is 3.02. The van der Waals surface area contributed by atoms with Gasteiger partial charge in [-0.15, -0.1) is 0 Å². The summed E-state index contributed by atoms with van der Waals surface area (Å²) in [7, 11) is 3.37. The molecule has 0 N–H and O–H groups in total. The van der Waals surface area contributed by atoms with Gasteiger partial charge in [0.1, 0.15) is 11.5 Å². The van der Waals surface area contributed by atoms with Crippen LogP contribution in [0.25, 0.3) is 0 Å². The van der Waals surface area contributed by atoms with Crippen LogP contribution in [0.2, 0.25) is 0 Å². The molecule has 3 rings (SSSR count). The Morgan fingerprint density at radius 3 is 2.30 bits per heavy atom. The SMILES string of the molecule is COc1cccc(Cn2[c-][n+](Cc3cccc(OC)c3)cc2)c1. The molecule has 0 bridgehead atoms. The Kier molecular flexibility index (Phi) is 4.62. The molecule has 0 spiro atoms. The topological polar surface area (TPSA) is 27.3 Å². The minimum Gasteiger partial charge on any atom is -0.497 e. The predicted molar refractivity (Wildman–Crippen MR) is 87.7 cm³/mol. The second-order valence-electron chi connectivity index (χ2n) is 5.36. The molecule has 0 unspecified atom stereocenters. The summed E-state index contributed by atoms with van der Waals surface area (Å²) in [6.45, 7) is 1.53. The minimum atomic E-state index is 0.766. The number of hydrogen-bond donors (Lipinski definition) is 0. The molecule has 0 aliphatic rings. The highest BCUT2D eigenvalue weighted by molar-refractivity contribution is 5.29. The molecule has 0 saturated carbocycles. The van der Waals surface area contributed by atoms with Crippen molar-refractivity contribution in [3.05, 3.63) is 78.4 Å². The van der Waals surface area contributed by atoms with Crippen molar-refractivity contribution in [2.24, 2.45) is 0 Å². The first-order valence-corrected chi connectivity index (χ1v) is 7.50. The van der Waals surface area contributed by atoms with Gasteiger partial charge in [0, 0.05) is 0 Å². The van der Waals surface area contributed by atoms with Crippen LogP contribution in [0, 0.1) is 6.33 Å². The van der Waals surface area contributed by atoms with Crippen molar-refractivity contribution in [1.29, 1.82) is 0 Å². The molecule has 0 atom stereocenters. The highest BCUT2D eigenvalue weighted by Crippen LogP contribution is 2.14. The Morgan fingerprint density at radius 1 is 0.957 bits per heavy atom. The van der Waals surface area contributed by atoms with Gasteiger partial charge in [-0.05, 0) is 47.8 Å². The van der Waals surface area contributed by atoms with Crippen molar-refractivity contribution in [2.45, 2.75) is 13.1 Å². The maximum Gasteiger partial charge on any atom is 0.204 e. The van der Waals surface area contributed by atoms with E-state index in [1.807, 2.05) is 57.9 Å². The first-order valence-electron chi connectivity index (χ1n) is 7.50. The zero-order valence-electron chi connectivity index (χ0n) is 13.4. The van der Waals surface area contributed by atoms with E-state index in [1.165, 1.54) is 11.1 Å². The van der Waals surface area contributed by atoms with Crippen molar-refractivity contribution < 1.29 is 14.0 Å². The van der Waals surface area contributed by atoms with Gasteiger partial charge < -0.3 is 18.6 Å². The molecule has 4 nitrogen and oxygen atoms in total. The lowest BCUT2D eigenvalue weighted by Gasteiger charge is -2.05. The Bertz CT molecular complexity index is 716. The third-order valence-corrected chi connectivity index (χ3v) is 3.66. The molecule has 4 heteroatoms. The zero-order chi connectivity index (χ0) is 16.1. The van der Waals surface area contributed by atoms with Gasteiger partial charge in [0.15, 0.2) is 0 Å². The van der Waals surface area contributed by atoms with E-state index in [1.54, 1.807) is 14.2 Å². The first kappa shape index (κ1) is 15.2. The van der Waals surface area contributed by atoms with E-state index in [2.05, 4.69) is 18.5 Å². The summed E-state index contributed by atoms with van der Waals surface area (Å²) in [6, 6.07) is 16.2. The molecular weight excluding hydrogens is 288 g/mol. The maximum absolute atomic E-state index is 5.26. The molecular formula is C19H20N2O2. The van der Waals surface area contributed by atoms with Crippen molar-refractivity contribution >= 4 is 0 Å². The molecule has 118 valence electrons. The van der Waals surface area contributed by atoms with Gasteiger partial charge in [-0.25, -0.2) is 0 Å². The standard InChI is InChI=1S/C19H20N2O2/c1-22-18-7-3-5-16(11-18)13-20-9-10-21(15-20)14-17-6-4-8-19(12-17)23-2/h3-12H,13-14H2,1-2H3. The number of ether oxygens (including phenoxy) is 2. The van der Waals surface area contributed by atoms with Crippen molar-refractivity contribution in [2.75, 3.05) is 14.2 Å². The summed E-state index contributed by atoms with van der Waals surface area (Å²) >= 11 is 0. The summed E-state index contributed by atoms with van der Waals surface area (Å²) < 4.78 is 14.6. The molecule has 0 radical (unpaired) electrons. The molecule has 23 heavy (non-hydrogen) atoms. The minimum absolute atomic E-state index is 0.766. The number of nitrogens with zero attached hydrogens (tertiary/aromatic N) is 2. The smallest absolute Gasteiger partial charge is 0.204 e. The van der Waals surface area contributed by atoms with Gasteiger partial charge in [-0.2, -0.15) is 0 Å². The Labute approximate surface area is 136 Å². The van der Waals surface area contributed by atoms with Crippen molar-refractivity contribution in [3.8, 4) is 11.5 Å². The summed E-state index contributed by atoms with van der Waals surface area (Å²) in [4.78, 5) is 0. The van der Waals surface area contributed by atoms with Crippen LogP contribution in [0.15, 0.2) is 60.9 Å². The van der Waals surface area contributed by atoms with Crippen molar-refractivity contribution in [3.63, 3.8) is 0 Å². The Balaban J connectivity index is 1.70. The van der Waals surface area contributed by atoms with Crippen LogP contribution in [0.4, 0.5) is 0 Å². The normalized spacial score (nSPS) is 10.5. The number of aromatic nitrogens is 2. The van der Waals surface area contributed by atoms with Crippen LogP contribution >= 0.6 is 0 Å². The summed E-state index contributed by atoms with van der Waals surface area (Å²) in [6.07, 6.45) is 7.39. The highest BCUT2D eigenvalue weighted by Gasteiger charge is 2.02. The Morgan fingerprint density at radius 2 is 1.61 bits per heavy atom. The van der Waals surface area contributed by atoms with E-state index in [0.717, 1.165) is 24.6 Å². The van der Waals surface area contributed by atoms with Crippen molar-refractivity contribution in [1.82, 2.24) is 4.57 Å². The van der Waals surface area contributed by atoms with E-state index < -0.39 is 0 Å². The average molecular weight is 308 g/mol. The zero-order valence-corrected chi connectivity index (χ0v) is 13.4. The van der Waals surface area contributed by atoms with Gasteiger partial charge in [-0.1, -0.05) is 24.3 Å². The first-order chi connectivity index (χ1) is 11.3.